The monoisotopic (exact) mass is 458 g/mol. The van der Waals surface area contributed by atoms with Gasteiger partial charge in [-0.1, -0.05) is 11.6 Å². The number of rotatable bonds is 8. The summed E-state index contributed by atoms with van der Waals surface area (Å²) in [6.45, 7) is 2.03. The first kappa shape index (κ1) is 20.7. The lowest BCUT2D eigenvalue weighted by molar-refractivity contribution is -0.208. The van der Waals surface area contributed by atoms with E-state index in [-0.39, 0.29) is 22.8 Å². The molecular formula is C22H20ClFN4O4. The number of hydrogen-bond donors (Lipinski definition) is 1. The predicted octanol–water partition coefficient (Wildman–Crippen LogP) is 3.50. The fourth-order valence-electron chi connectivity index (χ4n) is 4.75. The minimum Gasteiger partial charge on any atom is -0.482 e. The number of pyridine rings is 1. The van der Waals surface area contributed by atoms with E-state index in [9.17, 15) is 9.18 Å². The summed E-state index contributed by atoms with van der Waals surface area (Å²) in [5, 5.41) is 8.23. The molecule has 8 nitrogen and oxygen atoms in total. The maximum Gasteiger partial charge on any atom is 0.259 e. The van der Waals surface area contributed by atoms with Crippen LogP contribution in [0.4, 0.5) is 4.39 Å². The van der Waals surface area contributed by atoms with E-state index in [0.717, 1.165) is 11.8 Å². The highest BCUT2D eigenvalue weighted by Crippen LogP contribution is 2.75. The van der Waals surface area contributed by atoms with Gasteiger partial charge in [0.15, 0.2) is 12.7 Å². The minimum absolute atomic E-state index is 0.0211. The Labute approximate surface area is 187 Å². The highest BCUT2D eigenvalue weighted by atomic mass is 35.5. The van der Waals surface area contributed by atoms with Gasteiger partial charge in [-0.05, 0) is 50.5 Å². The van der Waals surface area contributed by atoms with Gasteiger partial charge in [-0.2, -0.15) is 0 Å². The number of hydrogen-bond acceptors (Lipinski definition) is 7. The van der Waals surface area contributed by atoms with Crippen LogP contribution in [-0.4, -0.2) is 27.2 Å². The number of amides is 1. The van der Waals surface area contributed by atoms with Gasteiger partial charge in [-0.15, -0.1) is 10.2 Å². The van der Waals surface area contributed by atoms with Gasteiger partial charge in [-0.3, -0.25) is 9.78 Å². The van der Waals surface area contributed by atoms with E-state index >= 15 is 0 Å². The molecule has 3 aliphatic carbocycles. The Balaban J connectivity index is 1.23. The highest BCUT2D eigenvalue weighted by Gasteiger charge is 2.75. The average Bonchev–Trinajstić information content (AvgIpc) is 3.16. The van der Waals surface area contributed by atoms with Crippen LogP contribution in [0.2, 0.25) is 5.02 Å². The summed E-state index contributed by atoms with van der Waals surface area (Å²) < 4.78 is 31.0. The number of ether oxygens (including phenoxy) is 2. The fraction of sp³-hybridized carbons (Fsp3) is 0.364. The number of primary amides is 1. The van der Waals surface area contributed by atoms with Crippen LogP contribution in [0.15, 0.2) is 40.9 Å². The Morgan fingerprint density at radius 1 is 1.25 bits per heavy atom. The summed E-state index contributed by atoms with van der Waals surface area (Å²) in [5.74, 6) is 0.472. The maximum atomic E-state index is 13.7. The van der Waals surface area contributed by atoms with E-state index in [4.69, 9.17) is 31.2 Å². The summed E-state index contributed by atoms with van der Waals surface area (Å²) in [6, 6.07) is 7.71. The summed E-state index contributed by atoms with van der Waals surface area (Å²) >= 11 is 5.71. The average molecular weight is 459 g/mol. The smallest absolute Gasteiger partial charge is 0.259 e. The third-order valence-electron chi connectivity index (χ3n) is 6.20. The molecule has 3 fully saturated rings. The number of nitrogens with zero attached hydrogens (tertiary/aromatic N) is 3. The van der Waals surface area contributed by atoms with E-state index < -0.39 is 23.2 Å². The van der Waals surface area contributed by atoms with Crippen LogP contribution in [0.1, 0.15) is 36.7 Å². The number of carbonyl (C=O) groups is 1. The van der Waals surface area contributed by atoms with Crippen molar-refractivity contribution in [1.82, 2.24) is 15.2 Å². The molecule has 2 heterocycles. The molecule has 1 amide bonds. The predicted molar refractivity (Wildman–Crippen MR) is 111 cm³/mol. The van der Waals surface area contributed by atoms with E-state index in [1.54, 1.807) is 6.20 Å². The van der Waals surface area contributed by atoms with Crippen LogP contribution in [0.25, 0.3) is 0 Å². The number of nitrogens with two attached hydrogens (primary N) is 1. The normalized spacial score (nSPS) is 24.2. The first-order valence-corrected chi connectivity index (χ1v) is 10.5. The molecule has 2 bridgehead atoms. The van der Waals surface area contributed by atoms with Crippen LogP contribution >= 0.6 is 11.6 Å². The van der Waals surface area contributed by atoms with Crippen molar-refractivity contribution in [1.29, 1.82) is 0 Å². The molecule has 0 spiro atoms. The van der Waals surface area contributed by atoms with Crippen LogP contribution in [0, 0.1) is 18.2 Å². The second-order valence-corrected chi connectivity index (χ2v) is 8.98. The maximum absolute atomic E-state index is 13.7. The first-order chi connectivity index (χ1) is 15.3. The number of carbonyl (C=O) groups excluding carboxylic acids is 1. The number of benzene rings is 1. The molecular weight excluding hydrogens is 439 g/mol. The zero-order chi connectivity index (χ0) is 22.5. The Kier molecular flexibility index (Phi) is 4.81. The molecule has 0 aliphatic heterocycles. The SMILES string of the molecule is Cc1ccc(OCc2nnc(C34CC(C(Oc5ccc(Cl)c(F)c5)C(N)=O)(C3)C4)o2)cn1. The molecule has 10 heteroatoms. The molecule has 1 aromatic carbocycles. The van der Waals surface area contributed by atoms with E-state index in [2.05, 4.69) is 15.2 Å². The number of aryl methyl sites for hydroxylation is 1. The van der Waals surface area contributed by atoms with Gasteiger partial charge in [0.2, 0.25) is 5.89 Å². The quantitative estimate of drug-likeness (QED) is 0.549. The zero-order valence-corrected chi connectivity index (χ0v) is 17.9. The van der Waals surface area contributed by atoms with Gasteiger partial charge in [0.05, 0.1) is 16.6 Å². The summed E-state index contributed by atoms with van der Waals surface area (Å²) in [4.78, 5) is 16.3. The Bertz CT molecular complexity index is 1160. The molecule has 6 rings (SSSR count). The standard InChI is InChI=1S/C22H20ClFN4O4/c1-12-2-3-14(7-26-12)30-8-17-27-28-20(32-17)22-9-21(10-22,11-22)18(19(25)29)31-13-4-5-15(23)16(24)6-13/h2-7,18H,8-11H2,1H3,(H2,25,29). The summed E-state index contributed by atoms with van der Waals surface area (Å²) in [7, 11) is 0. The lowest BCUT2D eigenvalue weighted by Gasteiger charge is -2.69. The summed E-state index contributed by atoms with van der Waals surface area (Å²) in [5.41, 5.74) is 5.78. The number of halogens is 2. The van der Waals surface area contributed by atoms with Crippen molar-refractivity contribution in [3.05, 3.63) is 64.8 Å². The largest absolute Gasteiger partial charge is 0.482 e. The zero-order valence-electron chi connectivity index (χ0n) is 17.2. The molecule has 0 saturated heterocycles. The second-order valence-electron chi connectivity index (χ2n) is 8.57. The van der Waals surface area contributed by atoms with Crippen LogP contribution in [0.5, 0.6) is 11.5 Å². The number of aromatic nitrogens is 3. The van der Waals surface area contributed by atoms with E-state index in [1.807, 2.05) is 19.1 Å². The van der Waals surface area contributed by atoms with Crippen LogP contribution in [-0.2, 0) is 16.8 Å². The molecule has 2 aromatic heterocycles. The molecule has 166 valence electrons. The Hall–Kier alpha value is -3.20. The lowest BCUT2D eigenvalue weighted by Crippen LogP contribution is -2.72. The molecule has 0 radical (unpaired) electrons. The van der Waals surface area contributed by atoms with Crippen LogP contribution < -0.4 is 15.2 Å². The van der Waals surface area contributed by atoms with Crippen molar-refractivity contribution < 1.29 is 23.1 Å². The Morgan fingerprint density at radius 2 is 2.00 bits per heavy atom. The van der Waals surface area contributed by atoms with Crippen molar-refractivity contribution in [3.8, 4) is 11.5 Å². The van der Waals surface area contributed by atoms with Gasteiger partial charge < -0.3 is 19.6 Å². The topological polar surface area (TPSA) is 113 Å². The second kappa shape index (κ2) is 7.44. The molecule has 1 atom stereocenters. The molecule has 2 N–H and O–H groups in total. The van der Waals surface area contributed by atoms with Gasteiger partial charge in [0, 0.05) is 17.2 Å². The molecule has 3 saturated carbocycles. The van der Waals surface area contributed by atoms with Gasteiger partial charge >= 0.3 is 0 Å². The Morgan fingerprint density at radius 3 is 2.66 bits per heavy atom. The third kappa shape index (κ3) is 3.46. The van der Waals surface area contributed by atoms with Gasteiger partial charge in [-0.25, -0.2) is 4.39 Å². The van der Waals surface area contributed by atoms with Gasteiger partial charge in [0.1, 0.15) is 17.3 Å². The van der Waals surface area contributed by atoms with Crippen molar-refractivity contribution >= 4 is 17.5 Å². The summed E-state index contributed by atoms with van der Waals surface area (Å²) in [6.07, 6.45) is 2.61. The van der Waals surface area contributed by atoms with Crippen molar-refractivity contribution in [3.63, 3.8) is 0 Å². The van der Waals surface area contributed by atoms with Gasteiger partial charge in [0.25, 0.3) is 11.8 Å². The van der Waals surface area contributed by atoms with Crippen molar-refractivity contribution in [2.24, 2.45) is 11.1 Å². The lowest BCUT2D eigenvalue weighted by atomic mass is 9.33. The highest BCUT2D eigenvalue weighted by molar-refractivity contribution is 6.30. The minimum atomic E-state index is -0.885. The van der Waals surface area contributed by atoms with Crippen LogP contribution in [0.3, 0.4) is 0 Å². The van der Waals surface area contributed by atoms with E-state index in [0.29, 0.717) is 36.8 Å². The molecule has 3 aromatic rings. The molecule has 1 unspecified atom stereocenters. The first-order valence-electron chi connectivity index (χ1n) is 10.1. The fourth-order valence-corrected chi connectivity index (χ4v) is 4.87. The molecule has 3 aliphatic rings. The van der Waals surface area contributed by atoms with Crippen molar-refractivity contribution in [2.75, 3.05) is 0 Å². The third-order valence-corrected chi connectivity index (χ3v) is 6.50. The van der Waals surface area contributed by atoms with E-state index in [1.165, 1.54) is 12.1 Å². The van der Waals surface area contributed by atoms with Crippen molar-refractivity contribution in [2.45, 2.75) is 44.3 Å². The molecule has 32 heavy (non-hydrogen) atoms.